The van der Waals surface area contributed by atoms with Gasteiger partial charge in [0.1, 0.15) is 23.8 Å². The van der Waals surface area contributed by atoms with Crippen molar-refractivity contribution < 1.29 is 14.3 Å². The molecule has 166 valence electrons. The second-order valence-corrected chi connectivity index (χ2v) is 8.90. The van der Waals surface area contributed by atoms with E-state index < -0.39 is 5.60 Å². The highest BCUT2D eigenvalue weighted by Crippen LogP contribution is 2.41. The van der Waals surface area contributed by atoms with E-state index >= 15 is 0 Å². The summed E-state index contributed by atoms with van der Waals surface area (Å²) in [6.07, 6.45) is 2.00. The minimum absolute atomic E-state index is 0.0212. The highest BCUT2D eigenvalue weighted by atomic mass is 16.5. The zero-order valence-corrected chi connectivity index (χ0v) is 19.3. The summed E-state index contributed by atoms with van der Waals surface area (Å²) in [7, 11) is 0. The van der Waals surface area contributed by atoms with Crippen molar-refractivity contribution in [3.63, 3.8) is 0 Å². The second-order valence-electron chi connectivity index (χ2n) is 8.90. The molecule has 3 heterocycles. The van der Waals surface area contributed by atoms with Crippen molar-refractivity contribution in [1.29, 1.82) is 0 Å². The van der Waals surface area contributed by atoms with Gasteiger partial charge in [-0.2, -0.15) is 0 Å². The monoisotopic (exact) mass is 438 g/mol. The molecule has 5 heteroatoms. The quantitative estimate of drug-likeness (QED) is 0.397. The van der Waals surface area contributed by atoms with Crippen LogP contribution in [0.2, 0.25) is 0 Å². The van der Waals surface area contributed by atoms with Crippen LogP contribution >= 0.6 is 0 Å². The molecule has 0 spiro atoms. The Hall–Kier alpha value is -3.86. The van der Waals surface area contributed by atoms with E-state index in [0.29, 0.717) is 17.9 Å². The molecule has 4 aromatic rings. The lowest BCUT2D eigenvalue weighted by Gasteiger charge is -2.17. The number of aromatic nitrogens is 2. The van der Waals surface area contributed by atoms with Crippen molar-refractivity contribution in [1.82, 2.24) is 9.38 Å². The lowest BCUT2D eigenvalue weighted by molar-refractivity contribution is -0.125. The summed E-state index contributed by atoms with van der Waals surface area (Å²) in [5.41, 5.74) is 5.45. The van der Waals surface area contributed by atoms with Crippen LogP contribution in [0.3, 0.4) is 0 Å². The number of carbonyl (C=O) groups is 1. The Labute approximate surface area is 193 Å². The molecule has 2 aromatic carbocycles. The van der Waals surface area contributed by atoms with Gasteiger partial charge in [-0.25, -0.2) is 4.98 Å². The average Bonchev–Trinajstić information content (AvgIpc) is 3.26. The fraction of sp³-hybridized carbons (Fsp3) is 0.214. The molecule has 0 atom stereocenters. The van der Waals surface area contributed by atoms with Crippen LogP contribution in [0.25, 0.3) is 17.0 Å². The third kappa shape index (κ3) is 3.80. The molecule has 0 aliphatic carbocycles. The largest absolute Gasteiger partial charge is 0.487 e. The predicted molar refractivity (Wildman–Crippen MR) is 129 cm³/mol. The van der Waals surface area contributed by atoms with Crippen molar-refractivity contribution in [2.45, 2.75) is 39.9 Å². The Balaban J connectivity index is 1.41. The summed E-state index contributed by atoms with van der Waals surface area (Å²) in [6, 6.07) is 21.6. The van der Waals surface area contributed by atoms with Gasteiger partial charge in [-0.1, -0.05) is 48.0 Å². The Bertz CT molecular complexity index is 1380. The van der Waals surface area contributed by atoms with Crippen LogP contribution in [0.4, 0.5) is 0 Å². The van der Waals surface area contributed by atoms with Crippen molar-refractivity contribution in [3.8, 4) is 5.75 Å². The molecule has 5 nitrogen and oxygen atoms in total. The van der Waals surface area contributed by atoms with Gasteiger partial charge in [0.25, 0.3) is 0 Å². The number of Topliss-reactive ketones (excluding diaryl/α,β-unsaturated/α-hetero) is 1. The molecule has 0 radical (unpaired) electrons. The van der Waals surface area contributed by atoms with Gasteiger partial charge >= 0.3 is 0 Å². The number of hydrogen-bond donors (Lipinski definition) is 0. The number of fused-ring (bicyclic) bond motifs is 1. The molecule has 2 aromatic heterocycles. The third-order valence-electron chi connectivity index (χ3n) is 6.06. The number of ether oxygens (including phenoxy) is 2. The lowest BCUT2D eigenvalue weighted by atomic mass is 9.92. The third-order valence-corrected chi connectivity index (χ3v) is 6.06. The molecule has 0 bridgehead atoms. The smallest absolute Gasteiger partial charge is 0.210 e. The van der Waals surface area contributed by atoms with E-state index in [9.17, 15) is 4.79 Å². The van der Waals surface area contributed by atoms with E-state index in [1.54, 1.807) is 0 Å². The molecular formula is C28H26N2O3. The van der Waals surface area contributed by atoms with Gasteiger partial charge in [0.15, 0.2) is 5.60 Å². The summed E-state index contributed by atoms with van der Waals surface area (Å²) >= 11 is 0. The fourth-order valence-electron chi connectivity index (χ4n) is 4.10. The number of pyridine rings is 1. The predicted octanol–water partition coefficient (Wildman–Crippen LogP) is 5.78. The standard InChI is InChI=1S/C28H26N2O3/c1-18-8-10-21(11-9-18)26-25(27(31)28(3,4)33-26)20-12-14-22(15-13-20)32-17-23-19(2)30-16-6-5-7-24(30)29-23/h5-16H,17H2,1-4H3. The molecular weight excluding hydrogens is 412 g/mol. The average molecular weight is 439 g/mol. The molecule has 0 saturated heterocycles. The molecule has 0 N–H and O–H groups in total. The topological polar surface area (TPSA) is 52.8 Å². The first-order valence-corrected chi connectivity index (χ1v) is 11.0. The molecule has 5 rings (SSSR count). The molecule has 0 unspecified atom stereocenters. The van der Waals surface area contributed by atoms with E-state index in [4.69, 9.17) is 9.47 Å². The van der Waals surface area contributed by atoms with Crippen LogP contribution in [0.5, 0.6) is 5.75 Å². The molecule has 33 heavy (non-hydrogen) atoms. The van der Waals surface area contributed by atoms with Crippen LogP contribution in [0, 0.1) is 13.8 Å². The van der Waals surface area contributed by atoms with E-state index in [2.05, 4.69) is 4.98 Å². The number of nitrogens with zero attached hydrogens (tertiary/aromatic N) is 2. The summed E-state index contributed by atoms with van der Waals surface area (Å²) in [6.45, 7) is 8.07. The first kappa shape index (κ1) is 21.0. The van der Waals surface area contributed by atoms with E-state index in [1.165, 1.54) is 0 Å². The molecule has 0 amide bonds. The number of carbonyl (C=O) groups excluding carboxylic acids is 1. The molecule has 1 aliphatic rings. The summed E-state index contributed by atoms with van der Waals surface area (Å²) < 4.78 is 14.2. The maximum atomic E-state index is 13.2. The first-order valence-electron chi connectivity index (χ1n) is 11.0. The molecule has 0 fully saturated rings. The number of benzene rings is 2. The van der Waals surface area contributed by atoms with E-state index in [1.807, 2.05) is 105 Å². The number of hydrogen-bond acceptors (Lipinski definition) is 4. The maximum absolute atomic E-state index is 13.2. The number of imidazole rings is 1. The van der Waals surface area contributed by atoms with Crippen LogP contribution in [-0.4, -0.2) is 20.8 Å². The summed E-state index contributed by atoms with van der Waals surface area (Å²) in [4.78, 5) is 17.8. The van der Waals surface area contributed by atoms with Gasteiger partial charge in [0.05, 0.1) is 11.3 Å². The maximum Gasteiger partial charge on any atom is 0.210 e. The van der Waals surface area contributed by atoms with Gasteiger partial charge in [-0.05, 0) is 57.5 Å². The Morgan fingerprint density at radius 1 is 0.939 bits per heavy atom. The van der Waals surface area contributed by atoms with Crippen LogP contribution in [-0.2, 0) is 16.1 Å². The first-order chi connectivity index (χ1) is 15.8. The summed E-state index contributed by atoms with van der Waals surface area (Å²) in [5, 5.41) is 0. The minimum atomic E-state index is -0.897. The minimum Gasteiger partial charge on any atom is -0.487 e. The van der Waals surface area contributed by atoms with Crippen molar-refractivity contribution in [2.24, 2.45) is 0 Å². The summed E-state index contributed by atoms with van der Waals surface area (Å²) in [5.74, 6) is 1.32. The van der Waals surface area contributed by atoms with E-state index in [-0.39, 0.29) is 5.78 Å². The molecule has 0 saturated carbocycles. The van der Waals surface area contributed by atoms with Gasteiger partial charge in [0, 0.05) is 17.5 Å². The van der Waals surface area contributed by atoms with Gasteiger partial charge in [-0.3, -0.25) is 4.79 Å². The van der Waals surface area contributed by atoms with Gasteiger partial charge in [0.2, 0.25) is 5.78 Å². The van der Waals surface area contributed by atoms with Crippen LogP contribution < -0.4 is 4.74 Å². The zero-order valence-electron chi connectivity index (χ0n) is 19.3. The second kappa shape index (κ2) is 7.93. The van der Waals surface area contributed by atoms with Gasteiger partial charge in [-0.15, -0.1) is 0 Å². The SMILES string of the molecule is Cc1ccc(C2=C(c3ccc(OCc4nc5ccccn5c4C)cc3)C(=O)C(C)(C)O2)cc1. The Kier molecular flexibility index (Phi) is 5.05. The van der Waals surface area contributed by atoms with Crippen LogP contribution in [0.1, 0.15) is 41.9 Å². The number of rotatable bonds is 5. The Morgan fingerprint density at radius 3 is 2.33 bits per heavy atom. The Morgan fingerprint density at radius 2 is 1.64 bits per heavy atom. The zero-order chi connectivity index (χ0) is 23.2. The van der Waals surface area contributed by atoms with Crippen LogP contribution in [0.15, 0.2) is 72.9 Å². The molecule has 1 aliphatic heterocycles. The van der Waals surface area contributed by atoms with Crippen molar-refractivity contribution >= 4 is 22.8 Å². The normalized spacial score (nSPS) is 15.2. The van der Waals surface area contributed by atoms with E-state index in [0.717, 1.165) is 39.5 Å². The highest BCUT2D eigenvalue weighted by Gasteiger charge is 2.42. The fourth-order valence-corrected chi connectivity index (χ4v) is 4.10. The number of ketones is 1. The lowest BCUT2D eigenvalue weighted by Crippen LogP contribution is -2.29. The van der Waals surface area contributed by atoms with Crippen molar-refractivity contribution in [3.05, 3.63) is 101 Å². The van der Waals surface area contributed by atoms with Gasteiger partial charge < -0.3 is 13.9 Å². The highest BCUT2D eigenvalue weighted by molar-refractivity contribution is 6.32. The van der Waals surface area contributed by atoms with Crippen molar-refractivity contribution in [2.75, 3.05) is 0 Å². The number of aryl methyl sites for hydroxylation is 2.